The summed E-state index contributed by atoms with van der Waals surface area (Å²) in [6.07, 6.45) is 11.0. The molecule has 4 aliphatic carbocycles. The Bertz CT molecular complexity index is 858. The van der Waals surface area contributed by atoms with Gasteiger partial charge in [0.15, 0.2) is 0 Å². The normalized spacial score (nSPS) is 45.5. The Morgan fingerprint density at radius 2 is 1.66 bits per heavy atom. The molecule has 176 valence electrons. The standard InChI is InChI=1S/C29H42O3/c1-27(31)15-16-28(2)20(18-27)7-10-22-23-11-12-25(29(23,3)14-13-24(22)28)26(30)17-19-5-8-21(32-4)9-6-19/h5-6,8-9,20,22-25,31H,7,10-18H2,1-4H3/t20-,22+,23+,24+,25-,27-,28+,29?/m1/s1. The largest absolute Gasteiger partial charge is 0.497 e. The van der Waals surface area contributed by atoms with Crippen molar-refractivity contribution in [3.63, 3.8) is 0 Å². The highest BCUT2D eigenvalue weighted by molar-refractivity contribution is 5.84. The predicted molar refractivity (Wildman–Crippen MR) is 128 cm³/mol. The van der Waals surface area contributed by atoms with E-state index in [2.05, 4.69) is 13.8 Å². The van der Waals surface area contributed by atoms with E-state index in [1.165, 1.54) is 38.5 Å². The molecule has 1 aromatic carbocycles. The third-order valence-corrected chi connectivity index (χ3v) is 10.9. The molecule has 8 atom stereocenters. The van der Waals surface area contributed by atoms with Crippen molar-refractivity contribution in [1.82, 2.24) is 0 Å². The van der Waals surface area contributed by atoms with Crippen molar-refractivity contribution >= 4 is 5.78 Å². The van der Waals surface area contributed by atoms with Gasteiger partial charge in [0, 0.05) is 12.3 Å². The maximum atomic E-state index is 13.5. The molecule has 1 unspecified atom stereocenters. The van der Waals surface area contributed by atoms with Gasteiger partial charge in [-0.05, 0) is 117 Å². The Labute approximate surface area is 194 Å². The van der Waals surface area contributed by atoms with Gasteiger partial charge in [-0.25, -0.2) is 0 Å². The van der Waals surface area contributed by atoms with Gasteiger partial charge in [0.25, 0.3) is 0 Å². The first-order chi connectivity index (χ1) is 15.2. The molecule has 3 heteroatoms. The lowest BCUT2D eigenvalue weighted by Gasteiger charge is -2.61. The molecule has 4 aliphatic rings. The third-order valence-electron chi connectivity index (χ3n) is 10.9. The first kappa shape index (κ1) is 22.4. The predicted octanol–water partition coefficient (Wildman–Crippen LogP) is 6.22. The number of aliphatic hydroxyl groups is 1. The fourth-order valence-electron chi connectivity index (χ4n) is 9.03. The molecule has 0 saturated heterocycles. The topological polar surface area (TPSA) is 46.5 Å². The number of fused-ring (bicyclic) bond motifs is 5. The number of carbonyl (C=O) groups excluding carboxylic acids is 1. The smallest absolute Gasteiger partial charge is 0.140 e. The van der Waals surface area contributed by atoms with E-state index in [0.717, 1.165) is 42.4 Å². The Kier molecular flexibility index (Phi) is 5.51. The van der Waals surface area contributed by atoms with E-state index in [-0.39, 0.29) is 11.3 Å². The number of methoxy groups -OCH3 is 1. The summed E-state index contributed by atoms with van der Waals surface area (Å²) in [5, 5.41) is 10.7. The van der Waals surface area contributed by atoms with E-state index in [1.54, 1.807) is 7.11 Å². The van der Waals surface area contributed by atoms with E-state index in [9.17, 15) is 9.90 Å². The van der Waals surface area contributed by atoms with Crippen LogP contribution in [0, 0.1) is 40.4 Å². The van der Waals surface area contributed by atoms with Crippen LogP contribution in [-0.2, 0) is 11.2 Å². The number of benzene rings is 1. The van der Waals surface area contributed by atoms with Gasteiger partial charge < -0.3 is 9.84 Å². The van der Waals surface area contributed by atoms with Crippen molar-refractivity contribution in [2.75, 3.05) is 7.11 Å². The summed E-state index contributed by atoms with van der Waals surface area (Å²) in [6, 6.07) is 8.02. The number of ether oxygens (including phenoxy) is 1. The number of Topliss-reactive ketones (excluding diaryl/α,β-unsaturated/α-hetero) is 1. The van der Waals surface area contributed by atoms with Crippen LogP contribution in [0.3, 0.4) is 0 Å². The van der Waals surface area contributed by atoms with Crippen molar-refractivity contribution in [1.29, 1.82) is 0 Å². The van der Waals surface area contributed by atoms with Gasteiger partial charge in [-0.15, -0.1) is 0 Å². The second-order valence-corrected chi connectivity index (χ2v) is 12.5. The summed E-state index contributed by atoms with van der Waals surface area (Å²) in [4.78, 5) is 13.5. The average molecular weight is 439 g/mol. The highest BCUT2D eigenvalue weighted by atomic mass is 16.5. The van der Waals surface area contributed by atoms with Gasteiger partial charge in [0.05, 0.1) is 12.7 Å². The van der Waals surface area contributed by atoms with E-state index in [1.807, 2.05) is 31.2 Å². The summed E-state index contributed by atoms with van der Waals surface area (Å²) in [5.41, 5.74) is 1.21. The molecule has 0 heterocycles. The molecular formula is C29H42O3. The van der Waals surface area contributed by atoms with Gasteiger partial charge >= 0.3 is 0 Å². The summed E-state index contributed by atoms with van der Waals surface area (Å²) in [5.74, 6) is 4.45. The molecule has 0 bridgehead atoms. The molecule has 1 N–H and O–H groups in total. The van der Waals surface area contributed by atoms with Crippen LogP contribution < -0.4 is 4.74 Å². The first-order valence-electron chi connectivity index (χ1n) is 13.0. The van der Waals surface area contributed by atoms with Gasteiger partial charge in [-0.1, -0.05) is 26.0 Å². The van der Waals surface area contributed by atoms with E-state index in [4.69, 9.17) is 4.74 Å². The number of ketones is 1. The molecule has 0 aliphatic heterocycles. The minimum Gasteiger partial charge on any atom is -0.497 e. The SMILES string of the molecule is COc1ccc(CC(=O)[C@H]2CC[C@H]3[C@@H]4CC[C@@H]5C[C@](C)(O)CC[C@]5(C)[C@H]4CCC23C)cc1. The van der Waals surface area contributed by atoms with E-state index >= 15 is 0 Å². The summed E-state index contributed by atoms with van der Waals surface area (Å²) in [6.45, 7) is 7.05. The fourth-order valence-corrected chi connectivity index (χ4v) is 9.03. The molecule has 0 radical (unpaired) electrons. The molecule has 3 nitrogen and oxygen atoms in total. The van der Waals surface area contributed by atoms with Crippen LogP contribution in [0.2, 0.25) is 0 Å². The second kappa shape index (κ2) is 7.86. The zero-order valence-electron chi connectivity index (χ0n) is 20.5. The Balaban J connectivity index is 1.32. The number of rotatable bonds is 4. The van der Waals surface area contributed by atoms with Crippen molar-refractivity contribution in [3.8, 4) is 5.75 Å². The monoisotopic (exact) mass is 438 g/mol. The molecule has 0 aromatic heterocycles. The first-order valence-corrected chi connectivity index (χ1v) is 13.0. The Morgan fingerprint density at radius 3 is 2.38 bits per heavy atom. The lowest BCUT2D eigenvalue weighted by atomic mass is 9.44. The van der Waals surface area contributed by atoms with Crippen LogP contribution in [0.25, 0.3) is 0 Å². The van der Waals surface area contributed by atoms with Crippen molar-refractivity contribution < 1.29 is 14.6 Å². The maximum absolute atomic E-state index is 13.5. The molecule has 32 heavy (non-hydrogen) atoms. The molecule has 5 rings (SSSR count). The molecule has 4 saturated carbocycles. The average Bonchev–Trinajstić information content (AvgIpc) is 3.12. The summed E-state index contributed by atoms with van der Waals surface area (Å²) in [7, 11) is 1.68. The molecule has 0 amide bonds. The number of hydrogen-bond acceptors (Lipinski definition) is 3. The fraction of sp³-hybridized carbons (Fsp3) is 0.759. The zero-order chi connectivity index (χ0) is 22.7. The molecular weight excluding hydrogens is 396 g/mol. The minimum absolute atomic E-state index is 0.175. The van der Waals surface area contributed by atoms with Crippen LogP contribution in [0.1, 0.15) is 84.1 Å². The summed E-state index contributed by atoms with van der Waals surface area (Å²) >= 11 is 0. The second-order valence-electron chi connectivity index (χ2n) is 12.5. The summed E-state index contributed by atoms with van der Waals surface area (Å²) < 4.78 is 5.27. The molecule has 1 aromatic rings. The third kappa shape index (κ3) is 3.54. The highest BCUT2D eigenvalue weighted by Crippen LogP contribution is 2.68. The van der Waals surface area contributed by atoms with Gasteiger partial charge in [-0.2, -0.15) is 0 Å². The molecule has 4 fully saturated rings. The van der Waals surface area contributed by atoms with Crippen molar-refractivity contribution in [2.24, 2.45) is 40.4 Å². The zero-order valence-corrected chi connectivity index (χ0v) is 20.5. The van der Waals surface area contributed by atoms with Crippen molar-refractivity contribution in [2.45, 2.75) is 90.6 Å². The van der Waals surface area contributed by atoms with Crippen molar-refractivity contribution in [3.05, 3.63) is 29.8 Å². The van der Waals surface area contributed by atoms with Gasteiger partial charge in [-0.3, -0.25) is 4.79 Å². The maximum Gasteiger partial charge on any atom is 0.140 e. The highest BCUT2D eigenvalue weighted by Gasteiger charge is 2.61. The Hall–Kier alpha value is -1.35. The van der Waals surface area contributed by atoms with E-state index in [0.29, 0.717) is 29.5 Å². The van der Waals surface area contributed by atoms with Crippen LogP contribution in [0.15, 0.2) is 24.3 Å². The van der Waals surface area contributed by atoms with Crippen LogP contribution in [0.5, 0.6) is 5.75 Å². The van der Waals surface area contributed by atoms with E-state index < -0.39 is 5.60 Å². The van der Waals surface area contributed by atoms with Crippen LogP contribution in [-0.4, -0.2) is 23.6 Å². The molecule has 0 spiro atoms. The quantitative estimate of drug-likeness (QED) is 0.607. The van der Waals surface area contributed by atoms with Gasteiger partial charge in [0.1, 0.15) is 11.5 Å². The van der Waals surface area contributed by atoms with Crippen LogP contribution >= 0.6 is 0 Å². The minimum atomic E-state index is -0.466. The Morgan fingerprint density at radius 1 is 0.938 bits per heavy atom. The lowest BCUT2D eigenvalue weighted by molar-refractivity contribution is -0.150. The van der Waals surface area contributed by atoms with Gasteiger partial charge in [0.2, 0.25) is 0 Å². The lowest BCUT2D eigenvalue weighted by Crippen LogP contribution is -2.55. The van der Waals surface area contributed by atoms with Crippen LogP contribution in [0.4, 0.5) is 0 Å². The number of hydrogen-bond donors (Lipinski definition) is 1. The number of carbonyl (C=O) groups is 1.